The van der Waals surface area contributed by atoms with E-state index in [0.717, 1.165) is 12.1 Å². The summed E-state index contributed by atoms with van der Waals surface area (Å²) in [7, 11) is 0. The molecule has 88 valence electrons. The van der Waals surface area contributed by atoms with E-state index in [1.807, 2.05) is 18.2 Å². The second-order valence-corrected chi connectivity index (χ2v) is 4.43. The minimum atomic E-state index is 1.10. The minimum Gasteiger partial charge on any atom is -0.356 e. The SMILES string of the molecule is CCc1c(C)cc(Nc2ccccc2)cc1C. The topological polar surface area (TPSA) is 12.0 Å². The summed E-state index contributed by atoms with van der Waals surface area (Å²) in [5.41, 5.74) is 6.50. The molecule has 0 spiro atoms. The Hall–Kier alpha value is -1.76. The molecule has 0 fully saturated rings. The number of aryl methyl sites for hydroxylation is 2. The fraction of sp³-hybridized carbons (Fsp3) is 0.250. The van der Waals surface area contributed by atoms with Gasteiger partial charge in [-0.15, -0.1) is 0 Å². The van der Waals surface area contributed by atoms with Crippen molar-refractivity contribution < 1.29 is 0 Å². The summed E-state index contributed by atoms with van der Waals surface area (Å²) in [5, 5.41) is 3.44. The molecule has 2 aromatic carbocycles. The van der Waals surface area contributed by atoms with Crippen LogP contribution in [0.5, 0.6) is 0 Å². The van der Waals surface area contributed by atoms with Crippen LogP contribution in [0.25, 0.3) is 0 Å². The lowest BCUT2D eigenvalue weighted by atomic mass is 10.00. The summed E-state index contributed by atoms with van der Waals surface area (Å²) < 4.78 is 0. The van der Waals surface area contributed by atoms with E-state index in [2.05, 4.69) is 50.4 Å². The third-order valence-electron chi connectivity index (χ3n) is 3.11. The van der Waals surface area contributed by atoms with Gasteiger partial charge in [0.25, 0.3) is 0 Å². The lowest BCUT2D eigenvalue weighted by Crippen LogP contribution is -1.96. The van der Waals surface area contributed by atoms with Crippen LogP contribution in [0.1, 0.15) is 23.6 Å². The molecule has 0 atom stereocenters. The molecule has 0 saturated heterocycles. The lowest BCUT2D eigenvalue weighted by Gasteiger charge is -2.12. The van der Waals surface area contributed by atoms with Gasteiger partial charge in [0.15, 0.2) is 0 Å². The predicted octanol–water partition coefficient (Wildman–Crippen LogP) is 4.61. The van der Waals surface area contributed by atoms with E-state index in [4.69, 9.17) is 0 Å². The standard InChI is InChI=1S/C16H19N/c1-4-16-12(2)10-15(11-13(16)3)17-14-8-6-5-7-9-14/h5-11,17H,4H2,1-3H3. The Morgan fingerprint density at radius 1 is 0.882 bits per heavy atom. The third kappa shape index (κ3) is 2.68. The van der Waals surface area contributed by atoms with Crippen LogP contribution in [0.15, 0.2) is 42.5 Å². The highest BCUT2D eigenvalue weighted by Crippen LogP contribution is 2.23. The van der Waals surface area contributed by atoms with E-state index < -0.39 is 0 Å². The average Bonchev–Trinajstić information content (AvgIpc) is 2.30. The van der Waals surface area contributed by atoms with Gasteiger partial charge < -0.3 is 5.32 Å². The fourth-order valence-electron chi connectivity index (χ4n) is 2.31. The molecule has 0 aliphatic carbocycles. The Bertz CT molecular complexity index is 477. The maximum absolute atomic E-state index is 3.44. The second-order valence-electron chi connectivity index (χ2n) is 4.43. The number of anilines is 2. The zero-order valence-corrected chi connectivity index (χ0v) is 10.7. The highest BCUT2D eigenvalue weighted by molar-refractivity contribution is 5.62. The van der Waals surface area contributed by atoms with Crippen LogP contribution in [0.2, 0.25) is 0 Å². The Kier molecular flexibility index (Phi) is 3.48. The van der Waals surface area contributed by atoms with Gasteiger partial charge in [-0.05, 0) is 61.2 Å². The van der Waals surface area contributed by atoms with Gasteiger partial charge in [-0.3, -0.25) is 0 Å². The van der Waals surface area contributed by atoms with Gasteiger partial charge in [0.1, 0.15) is 0 Å². The van der Waals surface area contributed by atoms with Gasteiger partial charge >= 0.3 is 0 Å². The maximum atomic E-state index is 3.44. The smallest absolute Gasteiger partial charge is 0.0389 e. The third-order valence-corrected chi connectivity index (χ3v) is 3.11. The molecule has 2 rings (SSSR count). The number of benzene rings is 2. The molecule has 0 bridgehead atoms. The van der Waals surface area contributed by atoms with Crippen molar-refractivity contribution >= 4 is 11.4 Å². The Balaban J connectivity index is 2.29. The van der Waals surface area contributed by atoms with E-state index in [1.54, 1.807) is 0 Å². The van der Waals surface area contributed by atoms with E-state index >= 15 is 0 Å². The van der Waals surface area contributed by atoms with Crippen molar-refractivity contribution in [3.63, 3.8) is 0 Å². The Morgan fingerprint density at radius 3 is 2.00 bits per heavy atom. The van der Waals surface area contributed by atoms with Crippen molar-refractivity contribution in [1.82, 2.24) is 0 Å². The molecule has 0 radical (unpaired) electrons. The first kappa shape index (κ1) is 11.7. The van der Waals surface area contributed by atoms with Gasteiger partial charge in [0.2, 0.25) is 0 Å². The Labute approximate surface area is 103 Å². The molecule has 0 heterocycles. The van der Waals surface area contributed by atoms with E-state index in [1.165, 1.54) is 22.4 Å². The predicted molar refractivity (Wildman–Crippen MR) is 75.0 cm³/mol. The summed E-state index contributed by atoms with van der Waals surface area (Å²) in [6.45, 7) is 6.57. The molecule has 2 aromatic rings. The van der Waals surface area contributed by atoms with E-state index in [9.17, 15) is 0 Å². The minimum absolute atomic E-state index is 1.10. The summed E-state index contributed by atoms with van der Waals surface area (Å²) in [4.78, 5) is 0. The molecular weight excluding hydrogens is 206 g/mol. The largest absolute Gasteiger partial charge is 0.356 e. The molecule has 0 amide bonds. The van der Waals surface area contributed by atoms with Crippen molar-refractivity contribution in [2.75, 3.05) is 5.32 Å². The molecule has 0 aliphatic rings. The molecule has 1 N–H and O–H groups in total. The molecule has 1 heteroatoms. The van der Waals surface area contributed by atoms with Crippen LogP contribution in [-0.4, -0.2) is 0 Å². The zero-order chi connectivity index (χ0) is 12.3. The molecule has 0 aliphatic heterocycles. The number of nitrogens with one attached hydrogen (secondary N) is 1. The average molecular weight is 225 g/mol. The Morgan fingerprint density at radius 2 is 1.47 bits per heavy atom. The molecular formula is C16H19N. The first-order chi connectivity index (χ1) is 8.20. The van der Waals surface area contributed by atoms with Crippen LogP contribution in [-0.2, 0) is 6.42 Å². The van der Waals surface area contributed by atoms with Gasteiger partial charge in [-0.25, -0.2) is 0 Å². The number of hydrogen-bond acceptors (Lipinski definition) is 1. The molecule has 0 unspecified atom stereocenters. The second kappa shape index (κ2) is 5.05. The summed E-state index contributed by atoms with van der Waals surface area (Å²) in [5.74, 6) is 0. The molecule has 0 saturated carbocycles. The molecule has 1 nitrogen and oxygen atoms in total. The van der Waals surface area contributed by atoms with Crippen molar-refractivity contribution in [3.05, 3.63) is 59.2 Å². The van der Waals surface area contributed by atoms with Crippen LogP contribution in [0.4, 0.5) is 11.4 Å². The van der Waals surface area contributed by atoms with Crippen molar-refractivity contribution in [1.29, 1.82) is 0 Å². The van der Waals surface area contributed by atoms with Gasteiger partial charge in [0.05, 0.1) is 0 Å². The van der Waals surface area contributed by atoms with E-state index in [-0.39, 0.29) is 0 Å². The summed E-state index contributed by atoms with van der Waals surface area (Å²) in [6, 6.07) is 14.7. The van der Waals surface area contributed by atoms with Crippen LogP contribution >= 0.6 is 0 Å². The van der Waals surface area contributed by atoms with Crippen LogP contribution in [0, 0.1) is 13.8 Å². The van der Waals surface area contributed by atoms with Crippen molar-refractivity contribution in [2.24, 2.45) is 0 Å². The number of hydrogen-bond donors (Lipinski definition) is 1. The van der Waals surface area contributed by atoms with Crippen molar-refractivity contribution in [2.45, 2.75) is 27.2 Å². The summed E-state index contributed by atoms with van der Waals surface area (Å²) in [6.07, 6.45) is 1.10. The monoisotopic (exact) mass is 225 g/mol. The molecule has 0 aromatic heterocycles. The van der Waals surface area contributed by atoms with Crippen molar-refractivity contribution in [3.8, 4) is 0 Å². The highest BCUT2D eigenvalue weighted by atomic mass is 14.9. The fourth-order valence-corrected chi connectivity index (χ4v) is 2.31. The van der Waals surface area contributed by atoms with Crippen LogP contribution in [0.3, 0.4) is 0 Å². The highest BCUT2D eigenvalue weighted by Gasteiger charge is 2.03. The van der Waals surface area contributed by atoms with E-state index in [0.29, 0.717) is 0 Å². The first-order valence-corrected chi connectivity index (χ1v) is 6.13. The first-order valence-electron chi connectivity index (χ1n) is 6.13. The van der Waals surface area contributed by atoms with Gasteiger partial charge in [0, 0.05) is 11.4 Å². The lowest BCUT2D eigenvalue weighted by molar-refractivity contribution is 1.08. The normalized spacial score (nSPS) is 10.3. The number of para-hydroxylation sites is 1. The number of rotatable bonds is 3. The maximum Gasteiger partial charge on any atom is 0.0389 e. The summed E-state index contributed by atoms with van der Waals surface area (Å²) >= 11 is 0. The quantitative estimate of drug-likeness (QED) is 0.804. The molecule has 17 heavy (non-hydrogen) atoms. The van der Waals surface area contributed by atoms with Gasteiger partial charge in [-0.2, -0.15) is 0 Å². The van der Waals surface area contributed by atoms with Crippen LogP contribution < -0.4 is 5.32 Å². The van der Waals surface area contributed by atoms with Gasteiger partial charge in [-0.1, -0.05) is 25.1 Å². The zero-order valence-electron chi connectivity index (χ0n) is 10.7.